The van der Waals surface area contributed by atoms with Gasteiger partial charge < -0.3 is 9.47 Å². The lowest BCUT2D eigenvalue weighted by atomic mass is 10.0. The molecule has 0 aliphatic carbocycles. The Hall–Kier alpha value is -2.29. The van der Waals surface area contributed by atoms with Crippen molar-refractivity contribution < 1.29 is 14.3 Å². The Bertz CT molecular complexity index is 598. The number of benzene rings is 2. The first-order valence-corrected chi connectivity index (χ1v) is 7.61. The van der Waals surface area contributed by atoms with Crippen LogP contribution in [0.2, 0.25) is 0 Å². The molecule has 0 fully saturated rings. The van der Waals surface area contributed by atoms with Crippen LogP contribution in [0, 0.1) is 0 Å². The predicted octanol–water partition coefficient (Wildman–Crippen LogP) is 4.36. The van der Waals surface area contributed by atoms with Crippen LogP contribution in [-0.2, 0) is 11.2 Å². The van der Waals surface area contributed by atoms with Crippen molar-refractivity contribution in [3.05, 3.63) is 59.7 Å². The van der Waals surface area contributed by atoms with E-state index < -0.39 is 5.97 Å². The lowest BCUT2D eigenvalue weighted by Gasteiger charge is -2.09. The summed E-state index contributed by atoms with van der Waals surface area (Å²) >= 11 is 0. The van der Waals surface area contributed by atoms with Crippen LogP contribution in [0.5, 0.6) is 11.5 Å². The summed E-state index contributed by atoms with van der Waals surface area (Å²) in [6, 6.07) is 15.3. The van der Waals surface area contributed by atoms with Gasteiger partial charge in [0.2, 0.25) is 0 Å². The Kier molecular flexibility index (Phi) is 5.59. The molecule has 0 N–H and O–H groups in total. The molecule has 2 aromatic rings. The van der Waals surface area contributed by atoms with Crippen LogP contribution in [0.3, 0.4) is 0 Å². The van der Waals surface area contributed by atoms with Gasteiger partial charge in [-0.05, 0) is 47.7 Å². The van der Waals surface area contributed by atoms with E-state index in [9.17, 15) is 4.79 Å². The fraction of sp³-hybridized carbons (Fsp3) is 0.316. The molecule has 2 aromatic carbocycles. The molecule has 0 amide bonds. The van der Waals surface area contributed by atoms with Gasteiger partial charge in [0.15, 0.2) is 6.61 Å². The molecule has 3 heteroatoms. The van der Waals surface area contributed by atoms with Crippen LogP contribution >= 0.6 is 0 Å². The third-order valence-corrected chi connectivity index (χ3v) is 3.47. The zero-order valence-corrected chi connectivity index (χ0v) is 13.3. The molecule has 0 atom stereocenters. The highest BCUT2D eigenvalue weighted by Crippen LogP contribution is 2.19. The van der Waals surface area contributed by atoms with Crippen molar-refractivity contribution in [2.75, 3.05) is 6.61 Å². The van der Waals surface area contributed by atoms with Gasteiger partial charge in [0.25, 0.3) is 0 Å². The summed E-state index contributed by atoms with van der Waals surface area (Å²) in [5.41, 5.74) is 2.45. The molecule has 0 saturated carbocycles. The van der Waals surface area contributed by atoms with E-state index in [1.807, 2.05) is 48.5 Å². The second kappa shape index (κ2) is 7.64. The molecular weight excluding hydrogens is 276 g/mol. The first-order chi connectivity index (χ1) is 10.6. The van der Waals surface area contributed by atoms with Gasteiger partial charge in [-0.2, -0.15) is 0 Å². The zero-order chi connectivity index (χ0) is 15.9. The number of hydrogen-bond donors (Lipinski definition) is 0. The van der Waals surface area contributed by atoms with Crippen molar-refractivity contribution in [1.82, 2.24) is 0 Å². The van der Waals surface area contributed by atoms with Gasteiger partial charge in [-0.25, -0.2) is 4.79 Å². The molecule has 0 radical (unpaired) electrons. The van der Waals surface area contributed by atoms with Gasteiger partial charge >= 0.3 is 5.97 Å². The highest BCUT2D eigenvalue weighted by atomic mass is 16.6. The quantitative estimate of drug-likeness (QED) is 0.587. The average Bonchev–Trinajstić information content (AvgIpc) is 2.54. The monoisotopic (exact) mass is 298 g/mol. The number of ether oxygens (including phenoxy) is 2. The Morgan fingerprint density at radius 2 is 1.55 bits per heavy atom. The zero-order valence-electron chi connectivity index (χ0n) is 13.3. The second-order valence-corrected chi connectivity index (χ2v) is 5.48. The maximum atomic E-state index is 11.8. The first kappa shape index (κ1) is 16.1. The van der Waals surface area contributed by atoms with E-state index in [1.165, 1.54) is 11.1 Å². The maximum Gasteiger partial charge on any atom is 0.349 e. The third-order valence-electron chi connectivity index (χ3n) is 3.47. The van der Waals surface area contributed by atoms with Crippen LogP contribution in [-0.4, -0.2) is 12.6 Å². The molecule has 0 unspecified atom stereocenters. The summed E-state index contributed by atoms with van der Waals surface area (Å²) in [4.78, 5) is 11.8. The Balaban J connectivity index is 1.84. The maximum absolute atomic E-state index is 11.8. The number of rotatable bonds is 6. The highest BCUT2D eigenvalue weighted by Gasteiger charge is 2.07. The molecule has 0 aliphatic rings. The third kappa shape index (κ3) is 4.62. The van der Waals surface area contributed by atoms with Crippen molar-refractivity contribution >= 4 is 5.97 Å². The SMILES string of the molecule is CCc1ccc(OCC(=O)Oc2ccc(C(C)C)cc2)cc1. The predicted molar refractivity (Wildman–Crippen MR) is 87.5 cm³/mol. The van der Waals surface area contributed by atoms with Crippen LogP contribution < -0.4 is 9.47 Å². The van der Waals surface area contributed by atoms with E-state index in [0.29, 0.717) is 17.4 Å². The van der Waals surface area contributed by atoms with Crippen LogP contribution in [0.25, 0.3) is 0 Å². The van der Waals surface area contributed by atoms with Gasteiger partial charge in [-0.1, -0.05) is 45.0 Å². The lowest BCUT2D eigenvalue weighted by molar-refractivity contribution is -0.136. The molecule has 0 spiro atoms. The van der Waals surface area contributed by atoms with Crippen LogP contribution in [0.1, 0.15) is 37.8 Å². The van der Waals surface area contributed by atoms with Crippen molar-refractivity contribution in [3.8, 4) is 11.5 Å². The molecule has 0 saturated heterocycles. The van der Waals surface area contributed by atoms with E-state index in [4.69, 9.17) is 9.47 Å². The summed E-state index contributed by atoms with van der Waals surface area (Å²) in [6.07, 6.45) is 0.981. The van der Waals surface area contributed by atoms with Gasteiger partial charge in [-0.15, -0.1) is 0 Å². The van der Waals surface area contributed by atoms with E-state index in [-0.39, 0.29) is 6.61 Å². The Labute approximate surface area is 131 Å². The Morgan fingerprint density at radius 1 is 0.955 bits per heavy atom. The summed E-state index contributed by atoms with van der Waals surface area (Å²) in [6.45, 7) is 6.24. The minimum absolute atomic E-state index is 0.0998. The topological polar surface area (TPSA) is 35.5 Å². The second-order valence-electron chi connectivity index (χ2n) is 5.48. The standard InChI is InChI=1S/C19H22O3/c1-4-15-5-9-17(10-6-15)21-13-19(20)22-18-11-7-16(8-12-18)14(2)3/h5-12,14H,4,13H2,1-3H3. The highest BCUT2D eigenvalue weighted by molar-refractivity contribution is 5.73. The number of aryl methyl sites for hydroxylation is 1. The summed E-state index contributed by atoms with van der Waals surface area (Å²) in [5, 5.41) is 0. The van der Waals surface area contributed by atoms with Gasteiger partial charge in [0.05, 0.1) is 0 Å². The molecule has 3 nitrogen and oxygen atoms in total. The van der Waals surface area contributed by atoms with Crippen molar-refractivity contribution in [1.29, 1.82) is 0 Å². The number of carbonyl (C=O) groups excluding carboxylic acids is 1. The van der Waals surface area contributed by atoms with Crippen LogP contribution in [0.15, 0.2) is 48.5 Å². The fourth-order valence-corrected chi connectivity index (χ4v) is 2.05. The summed E-state index contributed by atoms with van der Waals surface area (Å²) < 4.78 is 10.7. The minimum atomic E-state index is -0.406. The average molecular weight is 298 g/mol. The Morgan fingerprint density at radius 3 is 2.09 bits per heavy atom. The normalized spacial score (nSPS) is 10.5. The van der Waals surface area contributed by atoms with Gasteiger partial charge in [0, 0.05) is 0 Å². The minimum Gasteiger partial charge on any atom is -0.482 e. The molecule has 116 valence electrons. The van der Waals surface area contributed by atoms with Crippen molar-refractivity contribution in [3.63, 3.8) is 0 Å². The molecular formula is C19H22O3. The number of hydrogen-bond acceptors (Lipinski definition) is 3. The van der Waals surface area contributed by atoms with E-state index in [1.54, 1.807) is 0 Å². The molecule has 0 heterocycles. The van der Waals surface area contributed by atoms with Crippen molar-refractivity contribution in [2.45, 2.75) is 33.1 Å². The fourth-order valence-electron chi connectivity index (χ4n) is 2.05. The first-order valence-electron chi connectivity index (χ1n) is 7.61. The van der Waals surface area contributed by atoms with E-state index >= 15 is 0 Å². The van der Waals surface area contributed by atoms with Gasteiger partial charge in [-0.3, -0.25) is 0 Å². The smallest absolute Gasteiger partial charge is 0.349 e. The molecule has 0 aliphatic heterocycles. The number of esters is 1. The lowest BCUT2D eigenvalue weighted by Crippen LogP contribution is -2.17. The van der Waals surface area contributed by atoms with Crippen molar-refractivity contribution in [2.24, 2.45) is 0 Å². The van der Waals surface area contributed by atoms with Crippen LogP contribution in [0.4, 0.5) is 0 Å². The molecule has 0 aromatic heterocycles. The molecule has 2 rings (SSSR count). The molecule has 0 bridgehead atoms. The molecule has 22 heavy (non-hydrogen) atoms. The summed E-state index contributed by atoms with van der Waals surface area (Å²) in [5.74, 6) is 1.26. The summed E-state index contributed by atoms with van der Waals surface area (Å²) in [7, 11) is 0. The van der Waals surface area contributed by atoms with E-state index in [0.717, 1.165) is 6.42 Å². The number of carbonyl (C=O) groups is 1. The van der Waals surface area contributed by atoms with E-state index in [2.05, 4.69) is 20.8 Å². The van der Waals surface area contributed by atoms with Gasteiger partial charge in [0.1, 0.15) is 11.5 Å². The largest absolute Gasteiger partial charge is 0.482 e.